The average molecular weight is 345 g/mol. The van der Waals surface area contributed by atoms with E-state index in [9.17, 15) is 4.79 Å². The number of alkyl halides is 1. The van der Waals surface area contributed by atoms with Crippen LogP contribution in [0, 0.1) is 13.8 Å². The SMILES string of the molecule is Cc1cc(C(=O)CCl)c(C)n1CCc1ccc(Cl)cc1Cl. The number of benzene rings is 1. The summed E-state index contributed by atoms with van der Waals surface area (Å²) in [7, 11) is 0. The molecule has 0 saturated heterocycles. The van der Waals surface area contributed by atoms with Crippen LogP contribution in [0.15, 0.2) is 24.3 Å². The Hall–Kier alpha value is -0.960. The molecule has 0 spiro atoms. The maximum absolute atomic E-state index is 11.8. The standard InChI is InChI=1S/C16H16Cl3NO/c1-10-7-14(16(21)9-17)11(2)20(10)6-5-12-3-4-13(18)8-15(12)19/h3-4,7-8H,5-6,9H2,1-2H3. The summed E-state index contributed by atoms with van der Waals surface area (Å²) in [6.45, 7) is 4.69. The molecule has 0 fully saturated rings. The molecule has 0 radical (unpaired) electrons. The lowest BCUT2D eigenvalue weighted by Gasteiger charge is -2.11. The van der Waals surface area contributed by atoms with Crippen LogP contribution in [0.2, 0.25) is 10.0 Å². The van der Waals surface area contributed by atoms with Gasteiger partial charge in [0.15, 0.2) is 5.78 Å². The van der Waals surface area contributed by atoms with Crippen molar-refractivity contribution in [3.05, 3.63) is 56.8 Å². The normalized spacial score (nSPS) is 10.9. The Morgan fingerprint density at radius 3 is 2.52 bits per heavy atom. The van der Waals surface area contributed by atoms with Crippen LogP contribution < -0.4 is 0 Å². The monoisotopic (exact) mass is 343 g/mol. The topological polar surface area (TPSA) is 22.0 Å². The molecule has 1 aromatic carbocycles. The van der Waals surface area contributed by atoms with E-state index in [0.717, 1.165) is 29.9 Å². The lowest BCUT2D eigenvalue weighted by Crippen LogP contribution is -2.08. The number of nitrogens with zero attached hydrogens (tertiary/aromatic N) is 1. The Balaban J connectivity index is 2.20. The summed E-state index contributed by atoms with van der Waals surface area (Å²) in [6, 6.07) is 7.41. The van der Waals surface area contributed by atoms with Gasteiger partial charge in [0, 0.05) is 33.5 Å². The molecule has 0 bridgehead atoms. The van der Waals surface area contributed by atoms with Gasteiger partial charge in [-0.3, -0.25) is 4.79 Å². The van der Waals surface area contributed by atoms with Gasteiger partial charge in [-0.05, 0) is 44.0 Å². The molecule has 0 N–H and O–H groups in total. The third kappa shape index (κ3) is 3.63. The van der Waals surface area contributed by atoms with E-state index in [1.807, 2.05) is 32.0 Å². The van der Waals surface area contributed by atoms with Crippen molar-refractivity contribution in [2.24, 2.45) is 0 Å². The van der Waals surface area contributed by atoms with E-state index >= 15 is 0 Å². The molecule has 2 aromatic rings. The first-order valence-electron chi connectivity index (χ1n) is 6.64. The molecular formula is C16H16Cl3NO. The van der Waals surface area contributed by atoms with Crippen LogP contribution in [0.1, 0.15) is 27.3 Å². The summed E-state index contributed by atoms with van der Waals surface area (Å²) in [5.41, 5.74) is 3.73. The van der Waals surface area contributed by atoms with Gasteiger partial charge in [-0.1, -0.05) is 29.3 Å². The zero-order valence-electron chi connectivity index (χ0n) is 11.9. The summed E-state index contributed by atoms with van der Waals surface area (Å²) in [6.07, 6.45) is 0.779. The Kier molecular flexibility index (Phi) is 5.37. The minimum absolute atomic E-state index is 0.00725. The Bertz CT molecular complexity index is 676. The highest BCUT2D eigenvalue weighted by molar-refractivity contribution is 6.35. The molecule has 5 heteroatoms. The van der Waals surface area contributed by atoms with Crippen LogP contribution in [-0.2, 0) is 13.0 Å². The van der Waals surface area contributed by atoms with Crippen molar-refractivity contribution in [3.63, 3.8) is 0 Å². The summed E-state index contributed by atoms with van der Waals surface area (Å²) in [4.78, 5) is 11.8. The smallest absolute Gasteiger partial charge is 0.179 e. The molecule has 0 amide bonds. The quantitative estimate of drug-likeness (QED) is 0.548. The van der Waals surface area contributed by atoms with Crippen LogP contribution in [0.4, 0.5) is 0 Å². The largest absolute Gasteiger partial charge is 0.348 e. The Morgan fingerprint density at radius 2 is 1.90 bits per heavy atom. The Labute approximate surface area is 139 Å². The van der Waals surface area contributed by atoms with E-state index < -0.39 is 0 Å². The van der Waals surface area contributed by atoms with Crippen molar-refractivity contribution >= 4 is 40.6 Å². The van der Waals surface area contributed by atoms with E-state index in [0.29, 0.717) is 15.6 Å². The number of aromatic nitrogens is 1. The molecule has 21 heavy (non-hydrogen) atoms. The van der Waals surface area contributed by atoms with Crippen molar-refractivity contribution in [1.82, 2.24) is 4.57 Å². The second kappa shape index (κ2) is 6.87. The molecule has 0 aliphatic rings. The van der Waals surface area contributed by atoms with Gasteiger partial charge in [0.25, 0.3) is 0 Å². The van der Waals surface area contributed by atoms with Gasteiger partial charge >= 0.3 is 0 Å². The minimum atomic E-state index is -0.0412. The van der Waals surface area contributed by atoms with Crippen molar-refractivity contribution in [1.29, 1.82) is 0 Å². The van der Waals surface area contributed by atoms with E-state index in [1.165, 1.54) is 0 Å². The predicted octanol–water partition coefficient (Wildman–Crippen LogP) is 5.08. The first-order valence-corrected chi connectivity index (χ1v) is 7.93. The molecule has 2 nitrogen and oxygen atoms in total. The lowest BCUT2D eigenvalue weighted by molar-refractivity contribution is 0.102. The first kappa shape index (κ1) is 16.4. The van der Waals surface area contributed by atoms with E-state index in [4.69, 9.17) is 34.8 Å². The second-order valence-corrected chi connectivity index (χ2v) is 6.09. The minimum Gasteiger partial charge on any atom is -0.348 e. The van der Waals surface area contributed by atoms with Gasteiger partial charge in [0.2, 0.25) is 0 Å². The number of ketones is 1. The number of carbonyl (C=O) groups excluding carboxylic acids is 1. The highest BCUT2D eigenvalue weighted by Gasteiger charge is 2.14. The molecule has 0 unspecified atom stereocenters. The number of hydrogen-bond acceptors (Lipinski definition) is 1. The van der Waals surface area contributed by atoms with Crippen molar-refractivity contribution in [2.75, 3.05) is 5.88 Å². The number of Topliss-reactive ketones (excluding diaryl/α,β-unsaturated/α-hetero) is 1. The summed E-state index contributed by atoms with van der Waals surface area (Å²) < 4.78 is 2.12. The average Bonchev–Trinajstić information content (AvgIpc) is 2.73. The van der Waals surface area contributed by atoms with Crippen molar-refractivity contribution in [2.45, 2.75) is 26.8 Å². The van der Waals surface area contributed by atoms with Crippen LogP contribution in [0.3, 0.4) is 0 Å². The number of carbonyl (C=O) groups is 1. The first-order chi connectivity index (χ1) is 9.93. The maximum Gasteiger partial charge on any atom is 0.179 e. The number of rotatable bonds is 5. The molecule has 1 aromatic heterocycles. The van der Waals surface area contributed by atoms with E-state index in [1.54, 1.807) is 6.07 Å². The fourth-order valence-corrected chi connectivity index (χ4v) is 3.10. The van der Waals surface area contributed by atoms with Crippen LogP contribution in [0.5, 0.6) is 0 Å². The van der Waals surface area contributed by atoms with Crippen LogP contribution in [-0.4, -0.2) is 16.2 Å². The number of aryl methyl sites for hydroxylation is 2. The fraction of sp³-hybridized carbons (Fsp3) is 0.312. The highest BCUT2D eigenvalue weighted by atomic mass is 35.5. The second-order valence-electron chi connectivity index (χ2n) is 4.98. The molecule has 2 rings (SSSR count). The molecule has 112 valence electrons. The zero-order valence-corrected chi connectivity index (χ0v) is 14.2. The summed E-state index contributed by atoms with van der Waals surface area (Å²) in [5, 5.41) is 1.30. The molecule has 0 aliphatic heterocycles. The van der Waals surface area contributed by atoms with Crippen molar-refractivity contribution in [3.8, 4) is 0 Å². The molecule has 0 atom stereocenters. The maximum atomic E-state index is 11.8. The lowest BCUT2D eigenvalue weighted by atomic mass is 10.1. The van der Waals surface area contributed by atoms with E-state index in [2.05, 4.69) is 4.57 Å². The molecule has 1 heterocycles. The van der Waals surface area contributed by atoms with Crippen LogP contribution in [0.25, 0.3) is 0 Å². The summed E-state index contributed by atoms with van der Waals surface area (Å²) >= 11 is 17.7. The Morgan fingerprint density at radius 1 is 1.19 bits per heavy atom. The summed E-state index contributed by atoms with van der Waals surface area (Å²) in [5.74, 6) is -0.0339. The van der Waals surface area contributed by atoms with Gasteiger partial charge < -0.3 is 4.57 Å². The third-order valence-corrected chi connectivity index (χ3v) is 4.44. The number of hydrogen-bond donors (Lipinski definition) is 0. The molecule has 0 saturated carbocycles. The van der Waals surface area contributed by atoms with Gasteiger partial charge in [0.05, 0.1) is 5.88 Å². The molecular weight excluding hydrogens is 329 g/mol. The van der Waals surface area contributed by atoms with Crippen molar-refractivity contribution < 1.29 is 4.79 Å². The molecule has 0 aliphatic carbocycles. The predicted molar refractivity (Wildman–Crippen MR) is 89.1 cm³/mol. The highest BCUT2D eigenvalue weighted by Crippen LogP contribution is 2.23. The van der Waals surface area contributed by atoms with Crippen LogP contribution >= 0.6 is 34.8 Å². The van der Waals surface area contributed by atoms with Gasteiger partial charge in [-0.15, -0.1) is 11.6 Å². The van der Waals surface area contributed by atoms with Gasteiger partial charge in [0.1, 0.15) is 0 Å². The van der Waals surface area contributed by atoms with Gasteiger partial charge in [-0.2, -0.15) is 0 Å². The van der Waals surface area contributed by atoms with Gasteiger partial charge in [-0.25, -0.2) is 0 Å². The zero-order chi connectivity index (χ0) is 15.6. The third-order valence-electron chi connectivity index (χ3n) is 3.62. The fourth-order valence-electron chi connectivity index (χ4n) is 2.46. The van der Waals surface area contributed by atoms with E-state index in [-0.39, 0.29) is 11.7 Å². The number of halogens is 3.